The molecule has 1 aromatic rings. The van der Waals surface area contributed by atoms with Gasteiger partial charge in [-0.2, -0.15) is 0 Å². The Morgan fingerprint density at radius 2 is 1.67 bits per heavy atom. The van der Waals surface area contributed by atoms with Gasteiger partial charge < -0.3 is 9.43 Å². The van der Waals surface area contributed by atoms with E-state index in [0.29, 0.717) is 0 Å². The van der Waals surface area contributed by atoms with Gasteiger partial charge in [-0.3, -0.25) is 0 Å². The van der Waals surface area contributed by atoms with Crippen molar-refractivity contribution in [3.8, 4) is 0 Å². The third kappa shape index (κ3) is 4.92. The van der Waals surface area contributed by atoms with Crippen LogP contribution in [0, 0.1) is 0 Å². The summed E-state index contributed by atoms with van der Waals surface area (Å²) in [5.74, 6) is 0. The lowest BCUT2D eigenvalue weighted by Crippen LogP contribution is -2.22. The second kappa shape index (κ2) is 6.59. The van der Waals surface area contributed by atoms with Gasteiger partial charge in [-0.1, -0.05) is 12.1 Å². The van der Waals surface area contributed by atoms with Gasteiger partial charge in [-0.15, -0.1) is 5.16 Å². The molecule has 0 spiro atoms. The van der Waals surface area contributed by atoms with E-state index in [9.17, 15) is 0 Å². The standard InChI is InChI=1S/C14H24N2OSi/c1-6-16(7-2)14-10-8-13(9-11-14)12-15-17-18(3,4)5/h8-12H,6-7H2,1-5H3/b15-12+. The molecule has 0 aliphatic heterocycles. The Bertz CT molecular complexity index is 378. The van der Waals surface area contributed by atoms with Crippen molar-refractivity contribution in [2.75, 3.05) is 18.0 Å². The zero-order valence-corrected chi connectivity index (χ0v) is 13.1. The molecule has 0 aliphatic rings. The Hall–Kier alpha value is -1.29. The number of benzene rings is 1. The molecule has 0 heterocycles. The Kier molecular flexibility index (Phi) is 5.41. The Morgan fingerprint density at radius 1 is 1.11 bits per heavy atom. The first-order valence-electron chi connectivity index (χ1n) is 6.53. The molecule has 0 fully saturated rings. The minimum Gasteiger partial charge on any atom is -0.456 e. The van der Waals surface area contributed by atoms with Crippen molar-refractivity contribution in [2.45, 2.75) is 33.5 Å². The van der Waals surface area contributed by atoms with Gasteiger partial charge in [0.15, 0.2) is 0 Å². The third-order valence-electron chi connectivity index (χ3n) is 2.55. The average molecular weight is 264 g/mol. The van der Waals surface area contributed by atoms with Crippen LogP contribution in [0.4, 0.5) is 5.69 Å². The molecule has 0 saturated carbocycles. The maximum atomic E-state index is 5.45. The van der Waals surface area contributed by atoms with Crippen LogP contribution in [0.1, 0.15) is 19.4 Å². The summed E-state index contributed by atoms with van der Waals surface area (Å²) in [5, 5.41) is 4.05. The number of hydrogen-bond acceptors (Lipinski definition) is 3. The predicted octanol–water partition coefficient (Wildman–Crippen LogP) is 3.72. The van der Waals surface area contributed by atoms with Crippen LogP contribution in [-0.4, -0.2) is 27.6 Å². The molecular weight excluding hydrogens is 240 g/mol. The molecule has 1 rings (SSSR count). The minimum atomic E-state index is -1.56. The Balaban J connectivity index is 2.66. The van der Waals surface area contributed by atoms with Crippen LogP contribution in [0.3, 0.4) is 0 Å². The summed E-state index contributed by atoms with van der Waals surface area (Å²) >= 11 is 0. The molecule has 0 atom stereocenters. The molecule has 0 aliphatic carbocycles. The van der Waals surface area contributed by atoms with Gasteiger partial charge in [0.1, 0.15) is 0 Å². The molecule has 1 aromatic carbocycles. The molecule has 4 heteroatoms. The smallest absolute Gasteiger partial charge is 0.278 e. The number of hydrogen-bond donors (Lipinski definition) is 0. The lowest BCUT2D eigenvalue weighted by Gasteiger charge is -2.20. The molecular formula is C14H24N2OSi. The lowest BCUT2D eigenvalue weighted by atomic mass is 10.2. The second-order valence-corrected chi connectivity index (χ2v) is 9.61. The van der Waals surface area contributed by atoms with Crippen LogP contribution in [0.15, 0.2) is 29.4 Å². The lowest BCUT2D eigenvalue weighted by molar-refractivity contribution is 0.338. The van der Waals surface area contributed by atoms with Gasteiger partial charge in [-0.25, -0.2) is 0 Å². The maximum absolute atomic E-state index is 5.45. The normalized spacial score (nSPS) is 11.8. The fourth-order valence-electron chi connectivity index (χ4n) is 1.61. The average Bonchev–Trinajstić information content (AvgIpc) is 2.31. The van der Waals surface area contributed by atoms with Crippen molar-refractivity contribution in [3.05, 3.63) is 29.8 Å². The molecule has 0 unspecified atom stereocenters. The highest BCUT2D eigenvalue weighted by Gasteiger charge is 2.15. The summed E-state index contributed by atoms with van der Waals surface area (Å²) in [5.41, 5.74) is 2.33. The number of nitrogens with zero attached hydrogens (tertiary/aromatic N) is 2. The van der Waals surface area contributed by atoms with Crippen LogP contribution in [0.25, 0.3) is 0 Å². The van der Waals surface area contributed by atoms with E-state index in [1.54, 1.807) is 6.21 Å². The van der Waals surface area contributed by atoms with Gasteiger partial charge >= 0.3 is 0 Å². The third-order valence-corrected chi connectivity index (χ3v) is 3.20. The number of oxime groups is 1. The molecule has 100 valence electrons. The van der Waals surface area contributed by atoms with Crippen LogP contribution in [-0.2, 0) is 4.53 Å². The topological polar surface area (TPSA) is 24.8 Å². The van der Waals surface area contributed by atoms with Gasteiger partial charge in [0, 0.05) is 18.8 Å². The highest BCUT2D eigenvalue weighted by molar-refractivity contribution is 6.69. The summed E-state index contributed by atoms with van der Waals surface area (Å²) in [6.07, 6.45) is 1.78. The van der Waals surface area contributed by atoms with Crippen molar-refractivity contribution in [1.82, 2.24) is 0 Å². The molecule has 0 amide bonds. The van der Waals surface area contributed by atoms with Crippen LogP contribution in [0.5, 0.6) is 0 Å². The zero-order valence-electron chi connectivity index (χ0n) is 12.1. The van der Waals surface area contributed by atoms with Crippen molar-refractivity contribution < 1.29 is 4.53 Å². The van der Waals surface area contributed by atoms with Crippen molar-refractivity contribution in [1.29, 1.82) is 0 Å². The summed E-state index contributed by atoms with van der Waals surface area (Å²) < 4.78 is 5.45. The van der Waals surface area contributed by atoms with E-state index in [0.717, 1.165) is 18.7 Å². The predicted molar refractivity (Wildman–Crippen MR) is 82.0 cm³/mol. The summed E-state index contributed by atoms with van der Waals surface area (Å²) in [6.45, 7) is 12.8. The number of rotatable bonds is 6. The highest BCUT2D eigenvalue weighted by atomic mass is 28.4. The SMILES string of the molecule is CCN(CC)c1ccc(/C=N/O[Si](C)(C)C)cc1. The fourth-order valence-corrected chi connectivity index (χ4v) is 1.97. The van der Waals surface area contributed by atoms with E-state index in [1.165, 1.54) is 5.69 Å². The minimum absolute atomic E-state index is 1.03. The number of anilines is 1. The fraction of sp³-hybridized carbons (Fsp3) is 0.500. The molecule has 0 aromatic heterocycles. The first-order valence-corrected chi connectivity index (χ1v) is 9.93. The Labute approximate surface area is 112 Å². The Morgan fingerprint density at radius 3 is 2.11 bits per heavy atom. The largest absolute Gasteiger partial charge is 0.456 e. The van der Waals surface area contributed by atoms with Crippen molar-refractivity contribution in [3.63, 3.8) is 0 Å². The van der Waals surface area contributed by atoms with E-state index < -0.39 is 8.32 Å². The first-order chi connectivity index (χ1) is 8.46. The van der Waals surface area contributed by atoms with E-state index in [1.807, 2.05) is 0 Å². The molecule has 0 saturated heterocycles. The summed E-state index contributed by atoms with van der Waals surface area (Å²) in [7, 11) is -1.56. The second-order valence-electron chi connectivity index (χ2n) is 5.20. The van der Waals surface area contributed by atoms with Gasteiger partial charge in [0.2, 0.25) is 0 Å². The van der Waals surface area contributed by atoms with E-state index >= 15 is 0 Å². The first kappa shape index (κ1) is 14.8. The molecule has 0 radical (unpaired) electrons. The molecule has 3 nitrogen and oxygen atoms in total. The van der Waals surface area contributed by atoms with E-state index in [4.69, 9.17) is 4.53 Å². The molecule has 18 heavy (non-hydrogen) atoms. The quantitative estimate of drug-likeness (QED) is 0.444. The van der Waals surface area contributed by atoms with Crippen molar-refractivity contribution >= 4 is 20.2 Å². The highest BCUT2D eigenvalue weighted by Crippen LogP contribution is 2.14. The summed E-state index contributed by atoms with van der Waals surface area (Å²) in [6, 6.07) is 8.40. The zero-order chi connectivity index (χ0) is 13.6. The van der Waals surface area contributed by atoms with Gasteiger partial charge in [0.25, 0.3) is 8.32 Å². The maximum Gasteiger partial charge on any atom is 0.278 e. The summed E-state index contributed by atoms with van der Waals surface area (Å²) in [4.78, 5) is 2.32. The van der Waals surface area contributed by atoms with Gasteiger partial charge in [0.05, 0.1) is 6.21 Å². The van der Waals surface area contributed by atoms with Gasteiger partial charge in [-0.05, 0) is 51.2 Å². The monoisotopic (exact) mass is 264 g/mol. The van der Waals surface area contributed by atoms with Crippen LogP contribution in [0.2, 0.25) is 19.6 Å². The molecule has 0 N–H and O–H groups in total. The van der Waals surface area contributed by atoms with E-state index in [2.05, 4.69) is 67.8 Å². The van der Waals surface area contributed by atoms with Crippen molar-refractivity contribution in [2.24, 2.45) is 5.16 Å². The molecule has 0 bridgehead atoms. The van der Waals surface area contributed by atoms with Crippen LogP contribution >= 0.6 is 0 Å². The van der Waals surface area contributed by atoms with Crippen LogP contribution < -0.4 is 4.90 Å². The van der Waals surface area contributed by atoms with E-state index in [-0.39, 0.29) is 0 Å².